The Kier molecular flexibility index (Phi) is 5.48. The molecule has 4 heteroatoms. The molecule has 1 aromatic carbocycles. The Hall–Kier alpha value is -0.780. The molecular formula is C15H20INO2. The van der Waals surface area contributed by atoms with Crippen molar-refractivity contribution < 1.29 is 9.53 Å². The van der Waals surface area contributed by atoms with Gasteiger partial charge in [-0.3, -0.25) is 4.79 Å². The molecule has 0 N–H and O–H groups in total. The number of ether oxygens (including phenoxy) is 1. The van der Waals surface area contributed by atoms with Crippen molar-refractivity contribution in [2.75, 3.05) is 13.7 Å². The highest BCUT2D eigenvalue weighted by atomic mass is 127. The average Bonchev–Trinajstić information content (AvgIpc) is 2.46. The number of carbonyl (C=O) groups excluding carboxylic acids is 1. The molecule has 19 heavy (non-hydrogen) atoms. The summed E-state index contributed by atoms with van der Waals surface area (Å²) in [5.74, 6) is 0.861. The lowest BCUT2D eigenvalue weighted by Crippen LogP contribution is -2.40. The lowest BCUT2D eigenvalue weighted by molar-refractivity contribution is -0.134. The minimum atomic E-state index is 0.0755. The number of rotatable bonds is 4. The van der Waals surface area contributed by atoms with Crippen molar-refractivity contribution in [2.45, 2.75) is 38.1 Å². The highest BCUT2D eigenvalue weighted by Gasteiger charge is 2.22. The second-order valence-electron chi connectivity index (χ2n) is 5.02. The van der Waals surface area contributed by atoms with Gasteiger partial charge in [-0.2, -0.15) is 0 Å². The molecule has 0 radical (unpaired) electrons. The van der Waals surface area contributed by atoms with Crippen LogP contribution in [0, 0.1) is 3.57 Å². The van der Waals surface area contributed by atoms with Crippen LogP contribution in [-0.2, 0) is 4.79 Å². The summed E-state index contributed by atoms with van der Waals surface area (Å²) >= 11 is 2.22. The first kappa shape index (κ1) is 14.6. The van der Waals surface area contributed by atoms with E-state index in [2.05, 4.69) is 22.6 Å². The summed E-state index contributed by atoms with van der Waals surface area (Å²) in [5.41, 5.74) is 0. The van der Waals surface area contributed by atoms with Crippen molar-refractivity contribution >= 4 is 28.5 Å². The largest absolute Gasteiger partial charge is 0.483 e. The Morgan fingerprint density at radius 1 is 1.32 bits per heavy atom. The van der Waals surface area contributed by atoms with Crippen LogP contribution in [0.25, 0.3) is 0 Å². The van der Waals surface area contributed by atoms with E-state index in [0.717, 1.165) is 22.2 Å². The molecule has 1 saturated carbocycles. The van der Waals surface area contributed by atoms with E-state index >= 15 is 0 Å². The summed E-state index contributed by atoms with van der Waals surface area (Å²) in [7, 11) is 1.90. The van der Waals surface area contributed by atoms with Gasteiger partial charge in [0, 0.05) is 13.1 Å². The van der Waals surface area contributed by atoms with Gasteiger partial charge >= 0.3 is 0 Å². The number of nitrogens with zero attached hydrogens (tertiary/aromatic N) is 1. The molecule has 104 valence electrons. The SMILES string of the molecule is CN(C(=O)COc1ccccc1I)C1CCCCC1. The van der Waals surface area contributed by atoms with Crippen molar-refractivity contribution in [3.05, 3.63) is 27.8 Å². The molecule has 0 aliphatic heterocycles. The lowest BCUT2D eigenvalue weighted by Gasteiger charge is -2.31. The van der Waals surface area contributed by atoms with E-state index in [1.807, 2.05) is 36.2 Å². The van der Waals surface area contributed by atoms with E-state index in [-0.39, 0.29) is 12.5 Å². The number of benzene rings is 1. The third kappa shape index (κ3) is 4.09. The van der Waals surface area contributed by atoms with Crippen LogP contribution in [0.3, 0.4) is 0 Å². The summed E-state index contributed by atoms with van der Waals surface area (Å²) < 4.78 is 6.65. The van der Waals surface area contributed by atoms with Gasteiger partial charge in [0.2, 0.25) is 0 Å². The fourth-order valence-corrected chi connectivity index (χ4v) is 3.02. The van der Waals surface area contributed by atoms with Gasteiger partial charge in [0.15, 0.2) is 6.61 Å². The summed E-state index contributed by atoms with van der Waals surface area (Å²) in [6.07, 6.45) is 6.03. The average molecular weight is 373 g/mol. The van der Waals surface area contributed by atoms with Gasteiger partial charge in [-0.15, -0.1) is 0 Å². The first-order valence-corrected chi connectivity index (χ1v) is 7.89. The maximum Gasteiger partial charge on any atom is 0.260 e. The Labute approximate surface area is 128 Å². The number of carbonyl (C=O) groups is 1. The van der Waals surface area contributed by atoms with Crippen LogP contribution < -0.4 is 4.74 Å². The van der Waals surface area contributed by atoms with Gasteiger partial charge in [0.05, 0.1) is 3.57 Å². The van der Waals surface area contributed by atoms with Crippen molar-refractivity contribution in [1.82, 2.24) is 4.90 Å². The zero-order valence-corrected chi connectivity index (χ0v) is 13.4. The molecule has 3 nitrogen and oxygen atoms in total. The van der Waals surface area contributed by atoms with Crippen LogP contribution in [0.15, 0.2) is 24.3 Å². The van der Waals surface area contributed by atoms with Gasteiger partial charge in [-0.1, -0.05) is 31.4 Å². The lowest BCUT2D eigenvalue weighted by atomic mass is 9.94. The van der Waals surface area contributed by atoms with Crippen molar-refractivity contribution in [3.8, 4) is 5.75 Å². The Balaban J connectivity index is 1.85. The normalized spacial score (nSPS) is 16.1. The fraction of sp³-hybridized carbons (Fsp3) is 0.533. The summed E-state index contributed by atoms with van der Waals surface area (Å²) in [5, 5.41) is 0. The highest BCUT2D eigenvalue weighted by Crippen LogP contribution is 2.22. The smallest absolute Gasteiger partial charge is 0.260 e. The van der Waals surface area contributed by atoms with Gasteiger partial charge in [-0.25, -0.2) is 0 Å². The predicted molar refractivity (Wildman–Crippen MR) is 84.3 cm³/mol. The van der Waals surface area contributed by atoms with Gasteiger partial charge in [-0.05, 0) is 47.6 Å². The van der Waals surface area contributed by atoms with Crippen molar-refractivity contribution in [2.24, 2.45) is 0 Å². The van der Waals surface area contributed by atoms with Gasteiger partial charge < -0.3 is 9.64 Å². The number of halogens is 1. The predicted octanol–water partition coefficient (Wildman–Crippen LogP) is 3.46. The molecule has 0 spiro atoms. The van der Waals surface area contributed by atoms with E-state index in [1.54, 1.807) is 0 Å². The fourth-order valence-electron chi connectivity index (χ4n) is 2.48. The molecule has 0 heterocycles. The minimum absolute atomic E-state index is 0.0755. The third-order valence-electron chi connectivity index (χ3n) is 3.70. The molecule has 1 aliphatic rings. The summed E-state index contributed by atoms with van der Waals surface area (Å²) in [4.78, 5) is 14.0. The molecule has 1 amide bonds. The van der Waals surface area contributed by atoms with Crippen molar-refractivity contribution in [3.63, 3.8) is 0 Å². The monoisotopic (exact) mass is 373 g/mol. The maximum absolute atomic E-state index is 12.1. The molecule has 2 rings (SSSR count). The van der Waals surface area contributed by atoms with Crippen LogP contribution >= 0.6 is 22.6 Å². The maximum atomic E-state index is 12.1. The van der Waals surface area contributed by atoms with Crippen LogP contribution in [-0.4, -0.2) is 30.5 Å². The quantitative estimate of drug-likeness (QED) is 0.757. The van der Waals surface area contributed by atoms with Crippen LogP contribution in [0.2, 0.25) is 0 Å². The summed E-state index contributed by atoms with van der Waals surface area (Å²) in [6.45, 7) is 0.132. The summed E-state index contributed by atoms with van der Waals surface area (Å²) in [6, 6.07) is 8.16. The molecule has 0 unspecified atom stereocenters. The molecule has 1 aromatic rings. The van der Waals surface area contributed by atoms with Crippen LogP contribution in [0.4, 0.5) is 0 Å². The Bertz CT molecular complexity index is 430. The topological polar surface area (TPSA) is 29.5 Å². The number of hydrogen-bond donors (Lipinski definition) is 0. The number of amides is 1. The molecule has 0 bridgehead atoms. The van der Waals surface area contributed by atoms with Gasteiger partial charge in [0.1, 0.15) is 5.75 Å². The number of para-hydroxylation sites is 1. The van der Waals surface area contributed by atoms with Crippen LogP contribution in [0.1, 0.15) is 32.1 Å². The highest BCUT2D eigenvalue weighted by molar-refractivity contribution is 14.1. The zero-order valence-electron chi connectivity index (χ0n) is 11.3. The molecule has 0 saturated heterocycles. The molecular weight excluding hydrogens is 353 g/mol. The molecule has 1 fully saturated rings. The molecule has 0 atom stereocenters. The Morgan fingerprint density at radius 2 is 2.00 bits per heavy atom. The second kappa shape index (κ2) is 7.12. The van der Waals surface area contributed by atoms with E-state index in [1.165, 1.54) is 19.3 Å². The van der Waals surface area contributed by atoms with E-state index in [9.17, 15) is 4.79 Å². The van der Waals surface area contributed by atoms with E-state index < -0.39 is 0 Å². The standard InChI is InChI=1S/C15H20INO2/c1-17(12-7-3-2-4-8-12)15(18)11-19-14-10-6-5-9-13(14)16/h5-6,9-10,12H,2-4,7-8,11H2,1H3. The molecule has 1 aliphatic carbocycles. The third-order valence-corrected chi connectivity index (χ3v) is 4.59. The van der Waals surface area contributed by atoms with Crippen molar-refractivity contribution in [1.29, 1.82) is 0 Å². The minimum Gasteiger partial charge on any atom is -0.483 e. The first-order chi connectivity index (χ1) is 9.18. The van der Waals surface area contributed by atoms with E-state index in [4.69, 9.17) is 4.74 Å². The second-order valence-corrected chi connectivity index (χ2v) is 6.18. The number of hydrogen-bond acceptors (Lipinski definition) is 2. The van der Waals surface area contributed by atoms with Gasteiger partial charge in [0.25, 0.3) is 5.91 Å². The zero-order chi connectivity index (χ0) is 13.7. The number of likely N-dealkylation sites (N-methyl/N-ethyl adjacent to an activating group) is 1. The Morgan fingerprint density at radius 3 is 2.68 bits per heavy atom. The first-order valence-electron chi connectivity index (χ1n) is 6.81. The van der Waals surface area contributed by atoms with Crippen LogP contribution in [0.5, 0.6) is 5.75 Å². The van der Waals surface area contributed by atoms with E-state index in [0.29, 0.717) is 6.04 Å². The molecule has 0 aromatic heterocycles.